The predicted octanol–water partition coefficient (Wildman–Crippen LogP) is 0.333. The van der Waals surface area contributed by atoms with Gasteiger partial charge in [-0.3, -0.25) is 9.59 Å². The molecule has 18 heavy (non-hydrogen) atoms. The third-order valence-corrected chi connectivity index (χ3v) is 2.64. The van der Waals surface area contributed by atoms with Gasteiger partial charge in [0.25, 0.3) is 0 Å². The molecule has 0 aliphatic rings. The first-order valence-corrected chi connectivity index (χ1v) is 5.47. The Kier molecular flexibility index (Phi) is 4.25. The number of pyridine rings is 1. The lowest BCUT2D eigenvalue weighted by molar-refractivity contribution is -0.128. The summed E-state index contributed by atoms with van der Waals surface area (Å²) in [5.74, 6) is -1.31. The summed E-state index contributed by atoms with van der Waals surface area (Å²) in [6.45, 7) is 2.05. The minimum Gasteiger partial charge on any atom is -0.477 e. The standard InChI is InChI=1S/C12H16N2O4/c1-8-6-10(15)9(12(17)18)7-14(8)5-4-11(16)13(2)3/h6-7H,4-5H2,1-3H3,(H,17,18). The molecule has 98 valence electrons. The maximum atomic E-state index is 11.4. The average Bonchev–Trinajstić information content (AvgIpc) is 2.26. The number of aryl methyl sites for hydroxylation is 2. The van der Waals surface area contributed by atoms with Crippen molar-refractivity contribution in [1.82, 2.24) is 9.47 Å². The Hall–Kier alpha value is -2.11. The molecule has 6 nitrogen and oxygen atoms in total. The quantitative estimate of drug-likeness (QED) is 0.837. The number of aromatic carboxylic acids is 1. The highest BCUT2D eigenvalue weighted by atomic mass is 16.4. The SMILES string of the molecule is Cc1cc(=O)c(C(=O)O)cn1CCC(=O)N(C)C. The van der Waals surface area contributed by atoms with E-state index in [9.17, 15) is 14.4 Å². The van der Waals surface area contributed by atoms with Crippen LogP contribution in [0.25, 0.3) is 0 Å². The largest absolute Gasteiger partial charge is 0.477 e. The molecule has 0 aliphatic carbocycles. The zero-order chi connectivity index (χ0) is 13.9. The smallest absolute Gasteiger partial charge is 0.341 e. The Morgan fingerprint density at radius 2 is 2.00 bits per heavy atom. The number of rotatable bonds is 4. The molecule has 0 spiro atoms. The highest BCUT2D eigenvalue weighted by molar-refractivity contribution is 5.87. The van der Waals surface area contributed by atoms with Crippen LogP contribution in [0.15, 0.2) is 17.1 Å². The molecule has 0 fully saturated rings. The first kappa shape index (κ1) is 14.0. The molecule has 6 heteroatoms. The van der Waals surface area contributed by atoms with E-state index in [4.69, 9.17) is 5.11 Å². The van der Waals surface area contributed by atoms with Crippen LogP contribution < -0.4 is 5.43 Å². The summed E-state index contributed by atoms with van der Waals surface area (Å²) in [6, 6.07) is 1.27. The topological polar surface area (TPSA) is 79.6 Å². The fourth-order valence-corrected chi connectivity index (χ4v) is 1.51. The molecule has 0 saturated carbocycles. The Labute approximate surface area is 104 Å². The lowest BCUT2D eigenvalue weighted by Crippen LogP contribution is -2.24. The molecule has 0 aromatic carbocycles. The first-order chi connectivity index (χ1) is 8.32. The van der Waals surface area contributed by atoms with E-state index in [1.54, 1.807) is 25.6 Å². The van der Waals surface area contributed by atoms with Crippen LogP contribution in [0, 0.1) is 6.92 Å². The number of nitrogens with zero attached hydrogens (tertiary/aromatic N) is 2. The molecule has 0 bridgehead atoms. The van der Waals surface area contributed by atoms with E-state index in [1.165, 1.54) is 17.2 Å². The molecule has 1 heterocycles. The number of carbonyl (C=O) groups excluding carboxylic acids is 1. The Balaban J connectivity index is 2.96. The van der Waals surface area contributed by atoms with Crippen LogP contribution in [-0.2, 0) is 11.3 Å². The molecule has 1 aromatic rings. The van der Waals surface area contributed by atoms with Crippen LogP contribution in [0.1, 0.15) is 22.5 Å². The normalized spacial score (nSPS) is 10.2. The van der Waals surface area contributed by atoms with E-state index in [0.29, 0.717) is 12.2 Å². The number of hydrogen-bond donors (Lipinski definition) is 1. The van der Waals surface area contributed by atoms with Crippen molar-refractivity contribution in [2.45, 2.75) is 19.9 Å². The van der Waals surface area contributed by atoms with Crippen molar-refractivity contribution < 1.29 is 14.7 Å². The third-order valence-electron chi connectivity index (χ3n) is 2.64. The number of carbonyl (C=O) groups is 2. The van der Waals surface area contributed by atoms with E-state index < -0.39 is 11.4 Å². The number of carboxylic acid groups (broad SMARTS) is 1. The fraction of sp³-hybridized carbons (Fsp3) is 0.417. The molecule has 1 aromatic heterocycles. The molecule has 0 unspecified atom stereocenters. The highest BCUT2D eigenvalue weighted by Gasteiger charge is 2.11. The third kappa shape index (κ3) is 3.19. The molecule has 0 aliphatic heterocycles. The number of hydrogen-bond acceptors (Lipinski definition) is 3. The molecule has 1 amide bonds. The Morgan fingerprint density at radius 3 is 2.50 bits per heavy atom. The van der Waals surface area contributed by atoms with Crippen molar-refractivity contribution in [3.63, 3.8) is 0 Å². The van der Waals surface area contributed by atoms with Gasteiger partial charge in [0.15, 0.2) is 5.43 Å². The summed E-state index contributed by atoms with van der Waals surface area (Å²) >= 11 is 0. The summed E-state index contributed by atoms with van der Waals surface area (Å²) in [7, 11) is 3.31. The Bertz CT molecular complexity index is 531. The van der Waals surface area contributed by atoms with E-state index in [0.717, 1.165) is 0 Å². The van der Waals surface area contributed by atoms with E-state index >= 15 is 0 Å². The van der Waals surface area contributed by atoms with Crippen molar-refractivity contribution in [1.29, 1.82) is 0 Å². The van der Waals surface area contributed by atoms with Crippen LogP contribution in [0.5, 0.6) is 0 Å². The van der Waals surface area contributed by atoms with Crippen molar-refractivity contribution >= 4 is 11.9 Å². The van der Waals surface area contributed by atoms with Gasteiger partial charge in [0.2, 0.25) is 5.91 Å². The van der Waals surface area contributed by atoms with E-state index in [-0.39, 0.29) is 17.9 Å². The lowest BCUT2D eigenvalue weighted by atomic mass is 10.2. The van der Waals surface area contributed by atoms with Gasteiger partial charge in [-0.15, -0.1) is 0 Å². The summed E-state index contributed by atoms with van der Waals surface area (Å²) in [5.41, 5.74) is -0.162. The Morgan fingerprint density at radius 1 is 1.39 bits per heavy atom. The number of amides is 1. The van der Waals surface area contributed by atoms with Gasteiger partial charge >= 0.3 is 5.97 Å². The summed E-state index contributed by atoms with van der Waals surface area (Å²) in [5, 5.41) is 8.86. The highest BCUT2D eigenvalue weighted by Crippen LogP contribution is 2.02. The maximum Gasteiger partial charge on any atom is 0.341 e. The van der Waals surface area contributed by atoms with Crippen molar-refractivity contribution in [3.05, 3.63) is 33.7 Å². The zero-order valence-corrected chi connectivity index (χ0v) is 10.6. The second kappa shape index (κ2) is 5.48. The minimum atomic E-state index is -1.26. The molecule has 1 N–H and O–H groups in total. The summed E-state index contributed by atoms with van der Waals surface area (Å²) in [6.07, 6.45) is 1.54. The van der Waals surface area contributed by atoms with Crippen LogP contribution in [0.2, 0.25) is 0 Å². The minimum absolute atomic E-state index is 0.0509. The van der Waals surface area contributed by atoms with Gasteiger partial charge in [0, 0.05) is 45.0 Å². The van der Waals surface area contributed by atoms with Crippen LogP contribution in [-0.4, -0.2) is 40.5 Å². The van der Waals surface area contributed by atoms with Crippen molar-refractivity contribution in [2.75, 3.05) is 14.1 Å². The summed E-state index contributed by atoms with van der Waals surface area (Å²) < 4.78 is 1.60. The molecule has 1 rings (SSSR count). The number of carboxylic acids is 1. The summed E-state index contributed by atoms with van der Waals surface area (Å²) in [4.78, 5) is 35.2. The van der Waals surface area contributed by atoms with Crippen molar-refractivity contribution in [3.8, 4) is 0 Å². The fourth-order valence-electron chi connectivity index (χ4n) is 1.51. The van der Waals surface area contributed by atoms with Gasteiger partial charge < -0.3 is 14.6 Å². The van der Waals surface area contributed by atoms with Gasteiger partial charge in [-0.2, -0.15) is 0 Å². The van der Waals surface area contributed by atoms with Crippen LogP contribution in [0.4, 0.5) is 0 Å². The molecular formula is C12H16N2O4. The van der Waals surface area contributed by atoms with Gasteiger partial charge in [-0.1, -0.05) is 0 Å². The lowest BCUT2D eigenvalue weighted by Gasteiger charge is -2.13. The van der Waals surface area contributed by atoms with Gasteiger partial charge in [0.05, 0.1) is 0 Å². The second-order valence-electron chi connectivity index (χ2n) is 4.23. The molecule has 0 radical (unpaired) electrons. The molecule has 0 atom stereocenters. The monoisotopic (exact) mass is 252 g/mol. The second-order valence-corrected chi connectivity index (χ2v) is 4.23. The van der Waals surface area contributed by atoms with Crippen molar-refractivity contribution in [2.24, 2.45) is 0 Å². The van der Waals surface area contributed by atoms with Gasteiger partial charge in [-0.25, -0.2) is 4.79 Å². The van der Waals surface area contributed by atoms with E-state index in [2.05, 4.69) is 0 Å². The predicted molar refractivity (Wildman–Crippen MR) is 65.7 cm³/mol. The molecule has 0 saturated heterocycles. The number of aromatic nitrogens is 1. The molecular weight excluding hydrogens is 236 g/mol. The zero-order valence-electron chi connectivity index (χ0n) is 10.6. The van der Waals surface area contributed by atoms with Crippen LogP contribution >= 0.6 is 0 Å². The van der Waals surface area contributed by atoms with E-state index in [1.807, 2.05) is 0 Å². The van der Waals surface area contributed by atoms with Gasteiger partial charge in [0.1, 0.15) is 5.56 Å². The first-order valence-electron chi connectivity index (χ1n) is 5.47. The van der Waals surface area contributed by atoms with Crippen LogP contribution in [0.3, 0.4) is 0 Å². The van der Waals surface area contributed by atoms with Gasteiger partial charge in [-0.05, 0) is 6.92 Å². The average molecular weight is 252 g/mol. The maximum absolute atomic E-state index is 11.4.